The van der Waals surface area contributed by atoms with Crippen molar-refractivity contribution in [3.8, 4) is 0 Å². The van der Waals surface area contributed by atoms with E-state index in [4.69, 9.17) is 16.3 Å². The number of pyridine rings is 1. The molecule has 0 spiro atoms. The molecule has 1 aromatic carbocycles. The third-order valence-electron chi connectivity index (χ3n) is 4.90. The number of hydrogen-bond acceptors (Lipinski definition) is 7. The van der Waals surface area contributed by atoms with Gasteiger partial charge in [0.25, 0.3) is 0 Å². The fourth-order valence-corrected chi connectivity index (χ4v) is 4.71. The van der Waals surface area contributed by atoms with Gasteiger partial charge in [-0.1, -0.05) is 62.0 Å². The monoisotopic (exact) mass is 472 g/mol. The first-order chi connectivity index (χ1) is 15.6. The van der Waals surface area contributed by atoms with Gasteiger partial charge >= 0.3 is 5.97 Å². The molecule has 1 atom stereocenters. The molecule has 0 radical (unpaired) electrons. The van der Waals surface area contributed by atoms with E-state index in [0.717, 1.165) is 35.9 Å². The molecule has 0 aliphatic rings. The van der Waals surface area contributed by atoms with Crippen LogP contribution in [-0.4, -0.2) is 32.8 Å². The average Bonchev–Trinajstić information content (AvgIpc) is 2.76. The standard InChI is InChI=1S/C24H29ClN4O2S/c1-3-5-6-7-10-19(15-23(30)31-4-2)32-24-28-21(25)16-22(29-24)27-18-11-12-20-17(14-18)9-8-13-26-20/h8-9,11-14,16,19H,3-7,10,15H2,1-2H3,(H,27,28,29). The first kappa shape index (κ1) is 24.3. The van der Waals surface area contributed by atoms with Gasteiger partial charge in [-0.3, -0.25) is 9.78 Å². The lowest BCUT2D eigenvalue weighted by atomic mass is 10.1. The van der Waals surface area contributed by atoms with Crippen LogP contribution in [0.2, 0.25) is 5.15 Å². The summed E-state index contributed by atoms with van der Waals surface area (Å²) < 4.78 is 5.16. The van der Waals surface area contributed by atoms with Gasteiger partial charge < -0.3 is 10.1 Å². The zero-order valence-corrected chi connectivity index (χ0v) is 20.1. The van der Waals surface area contributed by atoms with Gasteiger partial charge in [0.2, 0.25) is 0 Å². The maximum Gasteiger partial charge on any atom is 0.306 e. The number of nitrogens with zero attached hydrogens (tertiary/aromatic N) is 3. The number of ether oxygens (including phenoxy) is 1. The summed E-state index contributed by atoms with van der Waals surface area (Å²) >= 11 is 7.77. The Morgan fingerprint density at radius 1 is 1.16 bits per heavy atom. The Bertz CT molecular complexity index is 1030. The van der Waals surface area contributed by atoms with Gasteiger partial charge in [0.15, 0.2) is 5.16 Å². The van der Waals surface area contributed by atoms with Gasteiger partial charge in [0, 0.05) is 28.6 Å². The van der Waals surface area contributed by atoms with Crippen molar-refractivity contribution < 1.29 is 9.53 Å². The van der Waals surface area contributed by atoms with Crippen molar-refractivity contribution in [1.29, 1.82) is 0 Å². The van der Waals surface area contributed by atoms with E-state index in [1.54, 1.807) is 12.3 Å². The van der Waals surface area contributed by atoms with Crippen molar-refractivity contribution in [1.82, 2.24) is 15.0 Å². The van der Waals surface area contributed by atoms with Crippen molar-refractivity contribution in [3.05, 3.63) is 47.7 Å². The smallest absolute Gasteiger partial charge is 0.306 e. The SMILES string of the molecule is CCCCCCC(CC(=O)OCC)Sc1nc(Cl)cc(Nc2ccc3ncccc3c2)n1. The second kappa shape index (κ2) is 12.6. The molecular formula is C24H29ClN4O2S. The van der Waals surface area contributed by atoms with E-state index in [1.807, 2.05) is 37.3 Å². The highest BCUT2D eigenvalue weighted by Crippen LogP contribution is 2.30. The molecule has 0 saturated heterocycles. The number of hydrogen-bond donors (Lipinski definition) is 1. The summed E-state index contributed by atoms with van der Waals surface area (Å²) in [6.07, 6.45) is 7.59. The number of thioether (sulfide) groups is 1. The van der Waals surface area contributed by atoms with E-state index in [1.165, 1.54) is 24.6 Å². The van der Waals surface area contributed by atoms with Crippen LogP contribution in [0.3, 0.4) is 0 Å². The summed E-state index contributed by atoms with van der Waals surface area (Å²) in [6.45, 7) is 4.39. The normalized spacial score (nSPS) is 12.0. The number of rotatable bonds is 12. The minimum absolute atomic E-state index is 0.0453. The van der Waals surface area contributed by atoms with E-state index in [2.05, 4.69) is 27.2 Å². The van der Waals surface area contributed by atoms with Gasteiger partial charge in [0.1, 0.15) is 11.0 Å². The molecule has 170 valence electrons. The summed E-state index contributed by atoms with van der Waals surface area (Å²) in [5.41, 5.74) is 1.82. The van der Waals surface area contributed by atoms with Gasteiger partial charge in [-0.15, -0.1) is 0 Å². The number of carbonyl (C=O) groups excluding carboxylic acids is 1. The molecule has 1 N–H and O–H groups in total. The number of unbranched alkanes of at least 4 members (excludes halogenated alkanes) is 3. The third-order valence-corrected chi connectivity index (χ3v) is 6.22. The molecule has 3 aromatic rings. The highest BCUT2D eigenvalue weighted by Gasteiger charge is 2.18. The molecule has 0 amide bonds. The van der Waals surface area contributed by atoms with Crippen LogP contribution < -0.4 is 5.32 Å². The second-order valence-corrected chi connectivity index (χ2v) is 9.15. The highest BCUT2D eigenvalue weighted by atomic mass is 35.5. The molecule has 0 aliphatic carbocycles. The minimum atomic E-state index is -0.189. The molecule has 0 fully saturated rings. The fourth-order valence-electron chi connectivity index (χ4n) is 3.37. The van der Waals surface area contributed by atoms with Crippen LogP contribution in [0.4, 0.5) is 11.5 Å². The van der Waals surface area contributed by atoms with Crippen molar-refractivity contribution in [3.63, 3.8) is 0 Å². The zero-order valence-electron chi connectivity index (χ0n) is 18.5. The summed E-state index contributed by atoms with van der Waals surface area (Å²) in [6, 6.07) is 11.5. The maximum absolute atomic E-state index is 12.1. The van der Waals surface area contributed by atoms with Crippen LogP contribution in [0.5, 0.6) is 0 Å². The first-order valence-corrected chi connectivity index (χ1v) is 12.3. The Labute approximate surface area is 198 Å². The molecular weight excluding hydrogens is 444 g/mol. The molecule has 0 aliphatic heterocycles. The largest absolute Gasteiger partial charge is 0.466 e. The Hall–Kier alpha value is -2.38. The van der Waals surface area contributed by atoms with E-state index >= 15 is 0 Å². The molecule has 2 heterocycles. The molecule has 1 unspecified atom stereocenters. The predicted molar refractivity (Wildman–Crippen MR) is 132 cm³/mol. The average molecular weight is 473 g/mol. The lowest BCUT2D eigenvalue weighted by molar-refractivity contribution is -0.143. The topological polar surface area (TPSA) is 77.0 Å². The quantitative estimate of drug-likeness (QED) is 0.102. The van der Waals surface area contributed by atoms with Gasteiger partial charge in [-0.05, 0) is 37.6 Å². The van der Waals surface area contributed by atoms with Crippen molar-refractivity contribution in [2.45, 2.75) is 62.8 Å². The fraction of sp³-hybridized carbons (Fsp3) is 0.417. The summed E-state index contributed by atoms with van der Waals surface area (Å²) in [7, 11) is 0. The van der Waals surface area contributed by atoms with Gasteiger partial charge in [-0.25, -0.2) is 9.97 Å². The van der Waals surface area contributed by atoms with E-state index in [-0.39, 0.29) is 11.2 Å². The number of carbonyl (C=O) groups is 1. The number of fused-ring (bicyclic) bond motifs is 1. The Morgan fingerprint density at radius 3 is 2.84 bits per heavy atom. The number of esters is 1. The molecule has 0 bridgehead atoms. The van der Waals surface area contributed by atoms with Gasteiger partial charge in [-0.2, -0.15) is 0 Å². The van der Waals surface area contributed by atoms with E-state index in [0.29, 0.717) is 29.2 Å². The number of halogens is 1. The molecule has 0 saturated carbocycles. The van der Waals surface area contributed by atoms with E-state index < -0.39 is 0 Å². The number of aromatic nitrogens is 3. The Morgan fingerprint density at radius 2 is 2.03 bits per heavy atom. The summed E-state index contributed by atoms with van der Waals surface area (Å²) in [5, 5.41) is 5.29. The summed E-state index contributed by atoms with van der Waals surface area (Å²) in [5.74, 6) is 0.419. The summed E-state index contributed by atoms with van der Waals surface area (Å²) in [4.78, 5) is 25.5. The number of nitrogens with one attached hydrogen (secondary N) is 1. The second-order valence-electron chi connectivity index (χ2n) is 7.49. The van der Waals surface area contributed by atoms with Crippen molar-refractivity contribution in [2.75, 3.05) is 11.9 Å². The van der Waals surface area contributed by atoms with Crippen LogP contribution >= 0.6 is 23.4 Å². The molecule has 6 nitrogen and oxygen atoms in total. The molecule has 3 rings (SSSR count). The maximum atomic E-state index is 12.1. The molecule has 32 heavy (non-hydrogen) atoms. The first-order valence-electron chi connectivity index (χ1n) is 11.1. The van der Waals surface area contributed by atoms with Crippen LogP contribution in [0.15, 0.2) is 47.8 Å². The lowest BCUT2D eigenvalue weighted by Gasteiger charge is -2.16. The van der Waals surface area contributed by atoms with Crippen LogP contribution in [0.1, 0.15) is 52.4 Å². The van der Waals surface area contributed by atoms with Crippen LogP contribution in [0, 0.1) is 0 Å². The lowest BCUT2D eigenvalue weighted by Crippen LogP contribution is -2.14. The zero-order chi connectivity index (χ0) is 22.8. The Balaban J connectivity index is 1.72. The van der Waals surface area contributed by atoms with Crippen LogP contribution in [-0.2, 0) is 9.53 Å². The van der Waals surface area contributed by atoms with E-state index in [9.17, 15) is 4.79 Å². The highest BCUT2D eigenvalue weighted by molar-refractivity contribution is 7.99. The minimum Gasteiger partial charge on any atom is -0.466 e. The number of benzene rings is 1. The van der Waals surface area contributed by atoms with Crippen LogP contribution in [0.25, 0.3) is 10.9 Å². The molecule has 2 aromatic heterocycles. The number of anilines is 2. The predicted octanol–water partition coefficient (Wildman–Crippen LogP) is 6.81. The van der Waals surface area contributed by atoms with Crippen molar-refractivity contribution >= 4 is 51.7 Å². The van der Waals surface area contributed by atoms with Crippen molar-refractivity contribution in [2.24, 2.45) is 0 Å². The molecule has 8 heteroatoms. The Kier molecular flexibility index (Phi) is 9.56. The third kappa shape index (κ3) is 7.64. The van der Waals surface area contributed by atoms with Gasteiger partial charge in [0.05, 0.1) is 18.5 Å².